The standard InChI is InChI=1S/C15H9Cl3N2O/c16-9-3-1-8(2-4-9)13-7-14(20-19-13)11-5-10(17)6-12(18)15(11)21/h1-7,21H,(H,19,20). The van der Waals surface area contributed by atoms with E-state index < -0.39 is 0 Å². The smallest absolute Gasteiger partial charge is 0.143 e. The summed E-state index contributed by atoms with van der Waals surface area (Å²) in [5.41, 5.74) is 2.77. The van der Waals surface area contributed by atoms with Gasteiger partial charge in [-0.05, 0) is 30.3 Å². The molecule has 2 aromatic carbocycles. The summed E-state index contributed by atoms with van der Waals surface area (Å²) in [6, 6.07) is 12.2. The molecule has 21 heavy (non-hydrogen) atoms. The molecule has 3 nitrogen and oxygen atoms in total. The van der Waals surface area contributed by atoms with Gasteiger partial charge in [-0.2, -0.15) is 5.10 Å². The minimum atomic E-state index is -0.0348. The van der Waals surface area contributed by atoms with Crippen LogP contribution >= 0.6 is 34.8 Å². The van der Waals surface area contributed by atoms with Crippen molar-refractivity contribution in [3.63, 3.8) is 0 Å². The molecule has 0 saturated heterocycles. The second kappa shape index (κ2) is 5.60. The third-order valence-electron chi connectivity index (χ3n) is 3.04. The zero-order chi connectivity index (χ0) is 15.0. The molecule has 0 aliphatic heterocycles. The topological polar surface area (TPSA) is 48.9 Å². The summed E-state index contributed by atoms with van der Waals surface area (Å²) < 4.78 is 0. The third-order valence-corrected chi connectivity index (χ3v) is 3.79. The number of H-pyrrole nitrogens is 1. The molecule has 3 aromatic rings. The first-order chi connectivity index (χ1) is 10.0. The highest BCUT2D eigenvalue weighted by atomic mass is 35.5. The molecule has 1 heterocycles. The fourth-order valence-electron chi connectivity index (χ4n) is 2.00. The van der Waals surface area contributed by atoms with Crippen molar-refractivity contribution < 1.29 is 5.11 Å². The minimum Gasteiger partial charge on any atom is -0.506 e. The molecule has 0 unspecified atom stereocenters. The van der Waals surface area contributed by atoms with Crippen LogP contribution in [0.2, 0.25) is 15.1 Å². The van der Waals surface area contributed by atoms with Gasteiger partial charge in [0.05, 0.1) is 16.4 Å². The van der Waals surface area contributed by atoms with Gasteiger partial charge in [-0.1, -0.05) is 46.9 Å². The summed E-state index contributed by atoms with van der Waals surface area (Å²) in [5, 5.41) is 18.4. The largest absolute Gasteiger partial charge is 0.506 e. The Balaban J connectivity index is 2.04. The predicted octanol–water partition coefficient (Wildman–Crippen LogP) is 5.41. The Morgan fingerprint density at radius 1 is 0.905 bits per heavy atom. The van der Waals surface area contributed by atoms with Crippen molar-refractivity contribution in [2.75, 3.05) is 0 Å². The Labute approximate surface area is 136 Å². The molecule has 1 aromatic heterocycles. The Kier molecular flexibility index (Phi) is 3.81. The van der Waals surface area contributed by atoms with Gasteiger partial charge in [0.15, 0.2) is 0 Å². The third kappa shape index (κ3) is 2.86. The number of aromatic hydroxyl groups is 1. The molecule has 2 N–H and O–H groups in total. The van der Waals surface area contributed by atoms with Crippen molar-refractivity contribution in [1.82, 2.24) is 10.2 Å². The average molecular weight is 340 g/mol. The predicted molar refractivity (Wildman–Crippen MR) is 86.2 cm³/mol. The number of phenols is 1. The number of aromatic nitrogens is 2. The van der Waals surface area contributed by atoms with Crippen molar-refractivity contribution >= 4 is 34.8 Å². The molecule has 0 bridgehead atoms. The lowest BCUT2D eigenvalue weighted by Crippen LogP contribution is -1.81. The molecule has 0 radical (unpaired) electrons. The van der Waals surface area contributed by atoms with Gasteiger partial charge in [0.1, 0.15) is 5.75 Å². The number of hydrogen-bond acceptors (Lipinski definition) is 2. The molecule has 0 fully saturated rings. The highest BCUT2D eigenvalue weighted by Crippen LogP contribution is 2.38. The molecule has 106 valence electrons. The van der Waals surface area contributed by atoms with Gasteiger partial charge < -0.3 is 5.11 Å². The van der Waals surface area contributed by atoms with E-state index in [9.17, 15) is 5.11 Å². The first-order valence-electron chi connectivity index (χ1n) is 6.04. The van der Waals surface area contributed by atoms with Crippen LogP contribution in [0, 0.1) is 0 Å². The number of halogens is 3. The molecule has 0 aliphatic carbocycles. The molecular weight excluding hydrogens is 331 g/mol. The quantitative estimate of drug-likeness (QED) is 0.656. The van der Waals surface area contributed by atoms with Gasteiger partial charge in [-0.3, -0.25) is 5.10 Å². The second-order valence-electron chi connectivity index (χ2n) is 4.46. The monoisotopic (exact) mass is 338 g/mol. The van der Waals surface area contributed by atoms with E-state index >= 15 is 0 Å². The molecule has 0 saturated carbocycles. The lowest BCUT2D eigenvalue weighted by Gasteiger charge is -2.04. The van der Waals surface area contributed by atoms with E-state index in [1.54, 1.807) is 18.2 Å². The number of hydrogen-bond donors (Lipinski definition) is 2. The maximum absolute atomic E-state index is 10.0. The SMILES string of the molecule is Oc1c(Cl)cc(Cl)cc1-c1cc(-c2ccc(Cl)cc2)n[nH]1. The van der Waals surface area contributed by atoms with Crippen LogP contribution in [0.3, 0.4) is 0 Å². The van der Waals surface area contributed by atoms with Crippen LogP contribution in [0.15, 0.2) is 42.5 Å². The molecule has 0 atom stereocenters. The fourth-order valence-corrected chi connectivity index (χ4v) is 2.62. The van der Waals surface area contributed by atoms with Crippen molar-refractivity contribution in [2.45, 2.75) is 0 Å². The summed E-state index contributed by atoms with van der Waals surface area (Å²) >= 11 is 17.8. The van der Waals surface area contributed by atoms with Crippen molar-refractivity contribution in [3.05, 3.63) is 57.5 Å². The fraction of sp³-hybridized carbons (Fsp3) is 0. The normalized spacial score (nSPS) is 10.8. The van der Waals surface area contributed by atoms with Crippen LogP contribution in [0.1, 0.15) is 0 Å². The van der Waals surface area contributed by atoms with Crippen LogP contribution in [0.4, 0.5) is 0 Å². The number of aromatic amines is 1. The summed E-state index contributed by atoms with van der Waals surface area (Å²) in [6.07, 6.45) is 0. The average Bonchev–Trinajstić information content (AvgIpc) is 2.93. The van der Waals surface area contributed by atoms with Crippen molar-refractivity contribution in [1.29, 1.82) is 0 Å². The second-order valence-corrected chi connectivity index (χ2v) is 5.74. The van der Waals surface area contributed by atoms with Gasteiger partial charge >= 0.3 is 0 Å². The number of nitrogens with zero attached hydrogens (tertiary/aromatic N) is 1. The van der Waals surface area contributed by atoms with Crippen LogP contribution in [0.25, 0.3) is 22.5 Å². The van der Waals surface area contributed by atoms with Crippen molar-refractivity contribution in [2.24, 2.45) is 0 Å². The molecule has 3 rings (SSSR count). The lowest BCUT2D eigenvalue weighted by atomic mass is 10.1. The van der Waals surface area contributed by atoms with E-state index in [1.165, 1.54) is 6.07 Å². The summed E-state index contributed by atoms with van der Waals surface area (Å²) in [7, 11) is 0. The minimum absolute atomic E-state index is 0.0348. The number of benzene rings is 2. The Morgan fingerprint density at radius 2 is 1.62 bits per heavy atom. The summed E-state index contributed by atoms with van der Waals surface area (Å²) in [5.74, 6) is -0.0348. The van der Waals surface area contributed by atoms with E-state index in [0.717, 1.165) is 11.3 Å². The van der Waals surface area contributed by atoms with E-state index in [4.69, 9.17) is 34.8 Å². The van der Waals surface area contributed by atoms with Crippen LogP contribution in [0.5, 0.6) is 5.75 Å². The zero-order valence-corrected chi connectivity index (χ0v) is 12.8. The van der Waals surface area contributed by atoms with E-state index in [-0.39, 0.29) is 10.8 Å². The first kappa shape index (κ1) is 14.3. The van der Waals surface area contributed by atoms with E-state index in [2.05, 4.69) is 10.2 Å². The number of rotatable bonds is 2. The molecular formula is C15H9Cl3N2O. The molecule has 0 aliphatic rings. The van der Waals surface area contributed by atoms with Gasteiger partial charge in [-0.25, -0.2) is 0 Å². The van der Waals surface area contributed by atoms with Crippen LogP contribution in [-0.2, 0) is 0 Å². The maximum Gasteiger partial charge on any atom is 0.143 e. The first-order valence-corrected chi connectivity index (χ1v) is 7.18. The van der Waals surface area contributed by atoms with Gasteiger partial charge in [-0.15, -0.1) is 0 Å². The van der Waals surface area contributed by atoms with Crippen LogP contribution in [-0.4, -0.2) is 15.3 Å². The highest BCUT2D eigenvalue weighted by molar-refractivity contribution is 6.36. The summed E-state index contributed by atoms with van der Waals surface area (Å²) in [6.45, 7) is 0. The lowest BCUT2D eigenvalue weighted by molar-refractivity contribution is 0.477. The molecule has 0 amide bonds. The van der Waals surface area contributed by atoms with Gasteiger partial charge in [0, 0.05) is 21.2 Å². The number of nitrogens with one attached hydrogen (secondary N) is 1. The Morgan fingerprint density at radius 3 is 2.33 bits per heavy atom. The number of phenolic OH excluding ortho intramolecular Hbond substituents is 1. The van der Waals surface area contributed by atoms with Crippen LogP contribution < -0.4 is 0 Å². The molecule has 6 heteroatoms. The Hall–Kier alpha value is -1.68. The Bertz CT molecular complexity index is 797. The van der Waals surface area contributed by atoms with Crippen molar-refractivity contribution in [3.8, 4) is 28.3 Å². The highest BCUT2D eigenvalue weighted by Gasteiger charge is 2.13. The summed E-state index contributed by atoms with van der Waals surface area (Å²) in [4.78, 5) is 0. The van der Waals surface area contributed by atoms with Gasteiger partial charge in [0.2, 0.25) is 0 Å². The molecule has 0 spiro atoms. The zero-order valence-electron chi connectivity index (χ0n) is 10.6. The van der Waals surface area contributed by atoms with E-state index in [1.807, 2.05) is 18.2 Å². The van der Waals surface area contributed by atoms with Gasteiger partial charge in [0.25, 0.3) is 0 Å². The van der Waals surface area contributed by atoms with E-state index in [0.29, 0.717) is 21.3 Å². The maximum atomic E-state index is 10.0.